The van der Waals surface area contributed by atoms with Gasteiger partial charge in [-0.1, -0.05) is 66.7 Å². The average Bonchev–Trinajstić information content (AvgIpc) is 2.82. The maximum absolute atomic E-state index is 13.2. The van der Waals surface area contributed by atoms with E-state index in [4.69, 9.17) is 14.2 Å². The summed E-state index contributed by atoms with van der Waals surface area (Å²) in [6.07, 6.45) is -0.609. The fourth-order valence-electron chi connectivity index (χ4n) is 3.90. The van der Waals surface area contributed by atoms with E-state index in [2.05, 4.69) is 0 Å². The lowest BCUT2D eigenvalue weighted by Crippen LogP contribution is -2.53. The molecule has 0 fully saturated rings. The summed E-state index contributed by atoms with van der Waals surface area (Å²) in [7, 11) is 0. The molecule has 0 saturated carbocycles. The molecule has 0 aromatic heterocycles. The molecule has 0 bridgehead atoms. The first-order chi connectivity index (χ1) is 15.5. The maximum atomic E-state index is 13.2. The molecule has 0 amide bonds. The number of carbonyl (C=O) groups is 1. The number of esters is 1. The predicted molar refractivity (Wildman–Crippen MR) is 122 cm³/mol. The highest BCUT2D eigenvalue weighted by Crippen LogP contribution is 2.43. The van der Waals surface area contributed by atoms with Crippen molar-refractivity contribution in [2.24, 2.45) is 0 Å². The maximum Gasteiger partial charge on any atom is 0.353 e. The van der Waals surface area contributed by atoms with Crippen molar-refractivity contribution >= 4 is 5.97 Å². The molecule has 4 rings (SSSR count). The van der Waals surface area contributed by atoms with Crippen molar-refractivity contribution in [3.05, 3.63) is 95.6 Å². The van der Waals surface area contributed by atoms with Crippen LogP contribution in [0.2, 0.25) is 0 Å². The minimum Gasteiger partial charge on any atom is -0.489 e. The fraction of sp³-hybridized carbons (Fsp3) is 0.296. The van der Waals surface area contributed by atoms with Crippen LogP contribution in [0.5, 0.6) is 11.5 Å². The van der Waals surface area contributed by atoms with Gasteiger partial charge in [-0.3, -0.25) is 0 Å². The van der Waals surface area contributed by atoms with E-state index in [-0.39, 0.29) is 6.10 Å². The molecule has 32 heavy (non-hydrogen) atoms. The third-order valence-electron chi connectivity index (χ3n) is 5.59. The molecule has 0 spiro atoms. The standard InChI is InChI=1S/C27H28O5/c1-19(2)31-26(29)27(25(28)22-11-7-4-8-12-22)16-15-21-13-14-23(17-24(21)32-27)30-18-20-9-5-3-6-10-20/h3-14,17,19,25,28H,15-16,18H2,1-2H3/t25-,27+/m1/s1. The Labute approximate surface area is 188 Å². The molecule has 0 unspecified atom stereocenters. The van der Waals surface area contributed by atoms with E-state index < -0.39 is 17.7 Å². The molecule has 1 aliphatic heterocycles. The first-order valence-electron chi connectivity index (χ1n) is 10.9. The molecule has 0 aliphatic carbocycles. The number of hydrogen-bond donors (Lipinski definition) is 1. The Morgan fingerprint density at radius 1 is 1.03 bits per heavy atom. The van der Waals surface area contributed by atoms with Gasteiger partial charge in [0, 0.05) is 12.5 Å². The van der Waals surface area contributed by atoms with Crippen molar-refractivity contribution in [2.75, 3.05) is 0 Å². The van der Waals surface area contributed by atoms with E-state index in [1.807, 2.05) is 60.7 Å². The van der Waals surface area contributed by atoms with E-state index in [9.17, 15) is 9.90 Å². The summed E-state index contributed by atoms with van der Waals surface area (Å²) >= 11 is 0. The van der Waals surface area contributed by atoms with Crippen LogP contribution in [0.1, 0.15) is 43.1 Å². The van der Waals surface area contributed by atoms with Crippen LogP contribution in [-0.2, 0) is 22.6 Å². The first kappa shape index (κ1) is 21.9. The number of hydrogen-bond acceptors (Lipinski definition) is 5. The summed E-state index contributed by atoms with van der Waals surface area (Å²) < 4.78 is 17.8. The molecule has 5 heteroatoms. The van der Waals surface area contributed by atoms with Crippen molar-refractivity contribution in [1.29, 1.82) is 0 Å². The lowest BCUT2D eigenvalue weighted by Gasteiger charge is -2.40. The second-order valence-electron chi connectivity index (χ2n) is 8.30. The molecule has 5 nitrogen and oxygen atoms in total. The van der Waals surface area contributed by atoms with E-state index in [1.165, 1.54) is 0 Å². The van der Waals surface area contributed by atoms with Gasteiger partial charge in [-0.15, -0.1) is 0 Å². The van der Waals surface area contributed by atoms with Gasteiger partial charge in [0.05, 0.1) is 6.10 Å². The molecular formula is C27H28O5. The van der Waals surface area contributed by atoms with E-state index >= 15 is 0 Å². The SMILES string of the molecule is CC(C)OC(=O)[C@@]1([C@H](O)c2ccccc2)CCc2ccc(OCc3ccccc3)cc2O1. The molecule has 1 aliphatic rings. The smallest absolute Gasteiger partial charge is 0.353 e. The number of fused-ring (bicyclic) bond motifs is 1. The van der Waals surface area contributed by atoms with Gasteiger partial charge in [0.2, 0.25) is 5.60 Å². The fourth-order valence-corrected chi connectivity index (χ4v) is 3.90. The summed E-state index contributed by atoms with van der Waals surface area (Å²) in [5.74, 6) is 0.595. The van der Waals surface area contributed by atoms with Crippen molar-refractivity contribution in [2.45, 2.75) is 51.1 Å². The van der Waals surface area contributed by atoms with Crippen molar-refractivity contribution < 1.29 is 24.1 Å². The lowest BCUT2D eigenvalue weighted by atomic mass is 9.83. The van der Waals surface area contributed by atoms with Crippen LogP contribution in [0.3, 0.4) is 0 Å². The Morgan fingerprint density at radius 3 is 2.41 bits per heavy atom. The second-order valence-corrected chi connectivity index (χ2v) is 8.30. The van der Waals surface area contributed by atoms with Crippen LogP contribution in [0.15, 0.2) is 78.9 Å². The molecular weight excluding hydrogens is 404 g/mol. The molecule has 166 valence electrons. The first-order valence-corrected chi connectivity index (χ1v) is 10.9. The van der Waals surface area contributed by atoms with Gasteiger partial charge in [-0.2, -0.15) is 0 Å². The summed E-state index contributed by atoms with van der Waals surface area (Å²) in [5.41, 5.74) is 1.09. The quantitative estimate of drug-likeness (QED) is 0.532. The highest BCUT2D eigenvalue weighted by Gasteiger charge is 2.52. The van der Waals surface area contributed by atoms with E-state index in [0.29, 0.717) is 36.5 Å². The van der Waals surface area contributed by atoms with Crippen molar-refractivity contribution in [3.63, 3.8) is 0 Å². The zero-order chi connectivity index (χ0) is 22.6. The van der Waals surface area contributed by atoms with E-state index in [1.54, 1.807) is 32.0 Å². The Hall–Kier alpha value is -3.31. The van der Waals surface area contributed by atoms with Crippen LogP contribution in [0, 0.1) is 0 Å². The molecule has 3 aromatic carbocycles. The zero-order valence-corrected chi connectivity index (χ0v) is 18.4. The molecule has 0 saturated heterocycles. The number of rotatable bonds is 7. The van der Waals surface area contributed by atoms with E-state index in [0.717, 1.165) is 11.1 Å². The van der Waals surface area contributed by atoms with Crippen molar-refractivity contribution in [1.82, 2.24) is 0 Å². The summed E-state index contributed by atoms with van der Waals surface area (Å²) in [4.78, 5) is 13.2. The highest BCUT2D eigenvalue weighted by molar-refractivity contribution is 5.82. The zero-order valence-electron chi connectivity index (χ0n) is 18.4. The van der Waals surface area contributed by atoms with Gasteiger partial charge in [0.15, 0.2) is 0 Å². The third kappa shape index (κ3) is 4.63. The Balaban J connectivity index is 1.62. The van der Waals surface area contributed by atoms with Crippen LogP contribution in [0.4, 0.5) is 0 Å². The van der Waals surface area contributed by atoms with Gasteiger partial charge in [0.1, 0.15) is 24.2 Å². The van der Waals surface area contributed by atoms with Crippen LogP contribution in [-0.4, -0.2) is 22.8 Å². The Morgan fingerprint density at radius 2 is 1.72 bits per heavy atom. The van der Waals surface area contributed by atoms with Gasteiger partial charge in [0.25, 0.3) is 0 Å². The van der Waals surface area contributed by atoms with Crippen molar-refractivity contribution in [3.8, 4) is 11.5 Å². The largest absolute Gasteiger partial charge is 0.489 e. The number of aliphatic hydroxyl groups excluding tert-OH is 1. The van der Waals surface area contributed by atoms with Crippen LogP contribution >= 0.6 is 0 Å². The van der Waals surface area contributed by atoms with Gasteiger partial charge >= 0.3 is 5.97 Å². The monoisotopic (exact) mass is 432 g/mol. The lowest BCUT2D eigenvalue weighted by molar-refractivity contribution is -0.180. The Kier molecular flexibility index (Phi) is 6.47. The number of aryl methyl sites for hydroxylation is 1. The van der Waals surface area contributed by atoms with Crippen LogP contribution in [0.25, 0.3) is 0 Å². The minimum atomic E-state index is -1.53. The van der Waals surface area contributed by atoms with Gasteiger partial charge in [-0.25, -0.2) is 4.79 Å². The number of benzene rings is 3. The average molecular weight is 433 g/mol. The topological polar surface area (TPSA) is 65.0 Å². The third-order valence-corrected chi connectivity index (χ3v) is 5.59. The molecule has 3 aromatic rings. The summed E-state index contributed by atoms with van der Waals surface area (Å²) in [6.45, 7) is 3.99. The number of carbonyl (C=O) groups excluding carboxylic acids is 1. The molecule has 2 atom stereocenters. The second kappa shape index (κ2) is 9.45. The number of ether oxygens (including phenoxy) is 3. The Bertz CT molecular complexity index is 1050. The highest BCUT2D eigenvalue weighted by atomic mass is 16.6. The normalized spacial score (nSPS) is 18.4. The van der Waals surface area contributed by atoms with Crippen LogP contribution < -0.4 is 9.47 Å². The molecule has 1 heterocycles. The predicted octanol–water partition coefficient (Wildman–Crippen LogP) is 5.01. The van der Waals surface area contributed by atoms with Gasteiger partial charge < -0.3 is 19.3 Å². The molecule has 1 N–H and O–H groups in total. The molecule has 0 radical (unpaired) electrons. The number of aliphatic hydroxyl groups is 1. The van der Waals surface area contributed by atoms with Gasteiger partial charge in [-0.05, 0) is 43.0 Å². The summed E-state index contributed by atoms with van der Waals surface area (Å²) in [6, 6.07) is 24.6. The minimum absolute atomic E-state index is 0.311. The summed E-state index contributed by atoms with van der Waals surface area (Å²) in [5, 5.41) is 11.3.